The molecule has 0 aliphatic heterocycles. The highest BCUT2D eigenvalue weighted by Crippen LogP contribution is 2.20. The fourth-order valence-electron chi connectivity index (χ4n) is 2.88. The van der Waals surface area contributed by atoms with Crippen LogP contribution in [-0.2, 0) is 11.3 Å². The number of thioether (sulfide) groups is 1. The molecule has 0 amide bonds. The molecule has 0 aliphatic rings. The molecule has 0 saturated carbocycles. The number of aromatic nitrogens is 1. The van der Waals surface area contributed by atoms with E-state index in [2.05, 4.69) is 6.08 Å². The number of ketones is 1. The number of carbonyl (C=O) groups excluding carboxylic acids is 1. The van der Waals surface area contributed by atoms with Crippen LogP contribution in [0.4, 0.5) is 0 Å². The van der Waals surface area contributed by atoms with Gasteiger partial charge in [-0.2, -0.15) is 0 Å². The van der Waals surface area contributed by atoms with E-state index in [0.717, 1.165) is 29.0 Å². The van der Waals surface area contributed by atoms with E-state index in [-0.39, 0.29) is 11.5 Å². The van der Waals surface area contributed by atoms with Crippen molar-refractivity contribution < 1.29 is 14.7 Å². The molecule has 3 aromatic rings. The van der Waals surface area contributed by atoms with Crippen LogP contribution in [0.5, 0.6) is 0 Å². The molecule has 0 atom stereocenters. The predicted molar refractivity (Wildman–Crippen MR) is 117 cm³/mol. The fraction of sp³-hybridized carbons (Fsp3) is 0.167. The lowest BCUT2D eigenvalue weighted by atomic mass is 10.0. The average Bonchev–Trinajstić information content (AvgIpc) is 3.19. The van der Waals surface area contributed by atoms with E-state index in [0.29, 0.717) is 11.1 Å². The molecule has 4 nitrogen and oxygen atoms in total. The predicted octanol–water partition coefficient (Wildman–Crippen LogP) is 5.31. The highest BCUT2D eigenvalue weighted by molar-refractivity contribution is 8.00. The van der Waals surface area contributed by atoms with Crippen molar-refractivity contribution in [2.75, 3.05) is 5.75 Å². The SMILES string of the molecule is Cc1ccc(C(=O)c2ccn(CCC=Cc3cccc(SCC(=O)O)c3)c2)cc1. The molecule has 5 heteroatoms. The Bertz CT molecular complexity index is 1020. The van der Waals surface area contributed by atoms with Crippen LogP contribution in [0.1, 0.15) is 33.5 Å². The van der Waals surface area contributed by atoms with Crippen molar-refractivity contribution in [2.24, 2.45) is 0 Å². The first kappa shape index (κ1) is 20.7. The maximum absolute atomic E-state index is 12.5. The van der Waals surface area contributed by atoms with Gasteiger partial charge in [-0.1, -0.05) is 54.1 Å². The number of aliphatic carboxylic acids is 1. The Balaban J connectivity index is 1.53. The van der Waals surface area contributed by atoms with Crippen molar-refractivity contribution in [3.63, 3.8) is 0 Å². The number of rotatable bonds is 9. The molecule has 0 bridgehead atoms. The zero-order valence-corrected chi connectivity index (χ0v) is 17.1. The van der Waals surface area contributed by atoms with Crippen LogP contribution in [0, 0.1) is 6.92 Å². The van der Waals surface area contributed by atoms with Gasteiger partial charge >= 0.3 is 5.97 Å². The molecule has 1 aromatic heterocycles. The third-order valence-electron chi connectivity index (χ3n) is 4.41. The van der Waals surface area contributed by atoms with E-state index in [1.54, 1.807) is 0 Å². The number of aryl methyl sites for hydroxylation is 2. The van der Waals surface area contributed by atoms with Gasteiger partial charge < -0.3 is 9.67 Å². The van der Waals surface area contributed by atoms with Crippen molar-refractivity contribution in [2.45, 2.75) is 24.8 Å². The molecular weight excluding hydrogens is 382 g/mol. The molecular formula is C24H23NO3S. The molecule has 148 valence electrons. The summed E-state index contributed by atoms with van der Waals surface area (Å²) in [6.45, 7) is 2.79. The molecule has 29 heavy (non-hydrogen) atoms. The van der Waals surface area contributed by atoms with Gasteiger partial charge in [-0.3, -0.25) is 9.59 Å². The summed E-state index contributed by atoms with van der Waals surface area (Å²) in [7, 11) is 0. The molecule has 0 aliphatic carbocycles. The van der Waals surface area contributed by atoms with E-state index in [4.69, 9.17) is 5.11 Å². The van der Waals surface area contributed by atoms with E-state index in [1.807, 2.05) is 84.6 Å². The minimum Gasteiger partial charge on any atom is -0.481 e. The number of carbonyl (C=O) groups is 2. The lowest BCUT2D eigenvalue weighted by molar-refractivity contribution is -0.133. The summed E-state index contributed by atoms with van der Waals surface area (Å²) < 4.78 is 2.02. The van der Waals surface area contributed by atoms with Gasteiger partial charge in [0.1, 0.15) is 0 Å². The van der Waals surface area contributed by atoms with Crippen molar-refractivity contribution in [1.29, 1.82) is 0 Å². The van der Waals surface area contributed by atoms with Gasteiger partial charge in [0.2, 0.25) is 0 Å². The quantitative estimate of drug-likeness (QED) is 0.387. The molecule has 0 radical (unpaired) electrons. The van der Waals surface area contributed by atoms with E-state index < -0.39 is 5.97 Å². The summed E-state index contributed by atoms with van der Waals surface area (Å²) in [6.07, 6.45) is 8.77. The minimum absolute atomic E-state index is 0.0370. The Morgan fingerprint density at radius 1 is 1.07 bits per heavy atom. The van der Waals surface area contributed by atoms with Gasteiger partial charge in [-0.05, 0) is 37.1 Å². The standard InChI is InChI=1S/C24H23NO3S/c1-18-8-10-20(11-9-18)24(28)21-12-14-25(16-21)13-3-2-5-19-6-4-7-22(15-19)29-17-23(26)27/h2,4-12,14-16H,3,13,17H2,1H3,(H,26,27). The fourth-order valence-corrected chi connectivity index (χ4v) is 3.57. The number of hydrogen-bond donors (Lipinski definition) is 1. The summed E-state index contributed by atoms with van der Waals surface area (Å²) in [4.78, 5) is 24.2. The van der Waals surface area contributed by atoms with Crippen LogP contribution in [0.15, 0.2) is 78.0 Å². The first-order valence-electron chi connectivity index (χ1n) is 9.39. The van der Waals surface area contributed by atoms with Gasteiger partial charge in [-0.25, -0.2) is 0 Å². The molecule has 2 aromatic carbocycles. The summed E-state index contributed by atoms with van der Waals surface area (Å²) in [5, 5.41) is 8.78. The van der Waals surface area contributed by atoms with Gasteiger partial charge in [-0.15, -0.1) is 11.8 Å². The second-order valence-electron chi connectivity index (χ2n) is 6.78. The number of nitrogens with zero attached hydrogens (tertiary/aromatic N) is 1. The monoisotopic (exact) mass is 405 g/mol. The third kappa shape index (κ3) is 6.22. The van der Waals surface area contributed by atoms with Crippen molar-refractivity contribution in [3.05, 3.63) is 95.3 Å². The third-order valence-corrected chi connectivity index (χ3v) is 5.39. The first-order valence-corrected chi connectivity index (χ1v) is 10.4. The second-order valence-corrected chi connectivity index (χ2v) is 7.83. The van der Waals surface area contributed by atoms with E-state index in [9.17, 15) is 9.59 Å². The lowest BCUT2D eigenvalue weighted by Crippen LogP contribution is -2.00. The van der Waals surface area contributed by atoms with Gasteiger partial charge in [0.15, 0.2) is 5.78 Å². The van der Waals surface area contributed by atoms with Gasteiger partial charge in [0, 0.05) is 35.0 Å². The second kappa shape index (κ2) is 9.94. The Hall–Kier alpha value is -3.05. The Morgan fingerprint density at radius 2 is 1.86 bits per heavy atom. The molecule has 0 saturated heterocycles. The minimum atomic E-state index is -0.817. The van der Waals surface area contributed by atoms with E-state index in [1.165, 1.54) is 11.8 Å². The Morgan fingerprint density at radius 3 is 2.62 bits per heavy atom. The zero-order chi connectivity index (χ0) is 20.6. The average molecular weight is 406 g/mol. The van der Waals surface area contributed by atoms with Crippen LogP contribution in [-0.4, -0.2) is 27.2 Å². The number of benzene rings is 2. The summed E-state index contributed by atoms with van der Waals surface area (Å²) >= 11 is 1.31. The van der Waals surface area contributed by atoms with E-state index >= 15 is 0 Å². The first-order chi connectivity index (χ1) is 14.0. The van der Waals surface area contributed by atoms with Gasteiger partial charge in [0.25, 0.3) is 0 Å². The van der Waals surface area contributed by atoms with Crippen molar-refractivity contribution in [3.8, 4) is 0 Å². The van der Waals surface area contributed by atoms with Crippen LogP contribution in [0.3, 0.4) is 0 Å². The maximum atomic E-state index is 12.5. The largest absolute Gasteiger partial charge is 0.481 e. The maximum Gasteiger partial charge on any atom is 0.313 e. The highest BCUT2D eigenvalue weighted by atomic mass is 32.2. The summed E-state index contributed by atoms with van der Waals surface area (Å²) in [5.41, 5.74) is 3.58. The van der Waals surface area contributed by atoms with Crippen LogP contribution in [0.2, 0.25) is 0 Å². The van der Waals surface area contributed by atoms with Crippen molar-refractivity contribution >= 4 is 29.6 Å². The number of carboxylic acids is 1. The number of carboxylic acid groups (broad SMARTS) is 1. The van der Waals surface area contributed by atoms with Gasteiger partial charge in [0.05, 0.1) is 5.75 Å². The van der Waals surface area contributed by atoms with Crippen LogP contribution < -0.4 is 0 Å². The van der Waals surface area contributed by atoms with Crippen LogP contribution >= 0.6 is 11.8 Å². The smallest absolute Gasteiger partial charge is 0.313 e. The number of allylic oxidation sites excluding steroid dienone is 1. The molecule has 1 N–H and O–H groups in total. The van der Waals surface area contributed by atoms with Crippen LogP contribution in [0.25, 0.3) is 6.08 Å². The molecule has 0 spiro atoms. The molecule has 0 fully saturated rings. The molecule has 3 rings (SSSR count). The Labute approximate surface area is 174 Å². The van der Waals surface area contributed by atoms with Crippen molar-refractivity contribution in [1.82, 2.24) is 4.57 Å². The normalized spacial score (nSPS) is 11.1. The lowest BCUT2D eigenvalue weighted by Gasteiger charge is -2.02. The zero-order valence-electron chi connectivity index (χ0n) is 16.2. The molecule has 0 unspecified atom stereocenters. The number of hydrogen-bond acceptors (Lipinski definition) is 3. The summed E-state index contributed by atoms with van der Waals surface area (Å²) in [5.74, 6) is -0.720. The Kier molecular flexibility index (Phi) is 7.09. The molecule has 1 heterocycles. The topological polar surface area (TPSA) is 59.3 Å². The summed E-state index contributed by atoms with van der Waals surface area (Å²) in [6, 6.07) is 17.3. The highest BCUT2D eigenvalue weighted by Gasteiger charge is 2.10.